The Morgan fingerprint density at radius 1 is 1.53 bits per heavy atom. The molecular formula is C8H9F3O4. The lowest BCUT2D eigenvalue weighted by Gasteiger charge is -2.18. The van der Waals surface area contributed by atoms with Gasteiger partial charge in [-0.1, -0.05) is 0 Å². The van der Waals surface area contributed by atoms with Gasteiger partial charge >= 0.3 is 18.1 Å². The summed E-state index contributed by atoms with van der Waals surface area (Å²) < 4.78 is 41.8. The lowest BCUT2D eigenvalue weighted by atomic mass is 10.0. The van der Waals surface area contributed by atoms with Gasteiger partial charge in [0.05, 0.1) is 12.5 Å². The molecule has 2 atom stereocenters. The van der Waals surface area contributed by atoms with Gasteiger partial charge in [0, 0.05) is 0 Å². The van der Waals surface area contributed by atoms with Crippen LogP contribution in [-0.4, -0.2) is 29.8 Å². The zero-order valence-electron chi connectivity index (χ0n) is 7.80. The molecule has 1 aliphatic rings. The summed E-state index contributed by atoms with van der Waals surface area (Å²) in [5, 5.41) is 8.46. The number of halogens is 3. The monoisotopic (exact) mass is 226 g/mol. The predicted molar refractivity (Wildman–Crippen MR) is 40.9 cm³/mol. The van der Waals surface area contributed by atoms with Gasteiger partial charge in [0.25, 0.3) is 0 Å². The molecule has 1 saturated carbocycles. The molecule has 0 saturated heterocycles. The molecule has 0 aromatic rings. The Bertz CT molecular complexity index is 299. The second-order valence-corrected chi connectivity index (χ2v) is 3.28. The standard InChI is InChI=1S/C8H9F3O4/c1-2-15-6(14)7(8(9,10)11)3-4(7)5(12)13/h4H,2-3H2,1H3,(H,12,13). The van der Waals surface area contributed by atoms with Gasteiger partial charge in [-0.3, -0.25) is 9.59 Å². The largest absolute Gasteiger partial charge is 0.481 e. The molecule has 86 valence electrons. The van der Waals surface area contributed by atoms with E-state index in [0.29, 0.717) is 0 Å². The van der Waals surface area contributed by atoms with E-state index in [-0.39, 0.29) is 6.61 Å². The first-order valence-electron chi connectivity index (χ1n) is 4.24. The maximum Gasteiger partial charge on any atom is 0.405 e. The molecule has 0 aromatic carbocycles. The second kappa shape index (κ2) is 3.39. The van der Waals surface area contributed by atoms with Crippen LogP contribution in [0.2, 0.25) is 0 Å². The normalized spacial score (nSPS) is 29.7. The van der Waals surface area contributed by atoms with Gasteiger partial charge < -0.3 is 9.84 Å². The fourth-order valence-corrected chi connectivity index (χ4v) is 1.48. The number of aliphatic carboxylic acids is 1. The summed E-state index contributed by atoms with van der Waals surface area (Å²) in [5.41, 5.74) is -2.82. The third kappa shape index (κ3) is 1.66. The highest BCUT2D eigenvalue weighted by Gasteiger charge is 2.79. The van der Waals surface area contributed by atoms with Gasteiger partial charge in [0.15, 0.2) is 5.41 Å². The van der Waals surface area contributed by atoms with Gasteiger partial charge in [-0.25, -0.2) is 0 Å². The van der Waals surface area contributed by atoms with Crippen LogP contribution in [0, 0.1) is 11.3 Å². The Balaban J connectivity index is 2.93. The van der Waals surface area contributed by atoms with Crippen molar-refractivity contribution in [3.05, 3.63) is 0 Å². The number of ether oxygens (including phenoxy) is 1. The van der Waals surface area contributed by atoms with Crippen molar-refractivity contribution in [1.29, 1.82) is 0 Å². The molecule has 7 heteroatoms. The van der Waals surface area contributed by atoms with Crippen LogP contribution in [0.5, 0.6) is 0 Å². The number of rotatable bonds is 3. The first kappa shape index (κ1) is 11.8. The van der Waals surface area contributed by atoms with E-state index < -0.39 is 35.9 Å². The molecule has 1 rings (SSSR count). The van der Waals surface area contributed by atoms with Crippen molar-refractivity contribution in [2.24, 2.45) is 11.3 Å². The van der Waals surface area contributed by atoms with E-state index >= 15 is 0 Å². The third-order valence-electron chi connectivity index (χ3n) is 2.40. The average Bonchev–Trinajstić information content (AvgIpc) is 2.78. The van der Waals surface area contributed by atoms with Crippen molar-refractivity contribution in [2.75, 3.05) is 6.61 Å². The fraction of sp³-hybridized carbons (Fsp3) is 0.750. The summed E-state index contributed by atoms with van der Waals surface area (Å²) >= 11 is 0. The molecule has 0 bridgehead atoms. The van der Waals surface area contributed by atoms with Crippen LogP contribution in [0.4, 0.5) is 13.2 Å². The number of carbonyl (C=O) groups is 2. The van der Waals surface area contributed by atoms with Crippen molar-refractivity contribution in [3.8, 4) is 0 Å². The van der Waals surface area contributed by atoms with Gasteiger partial charge in [-0.15, -0.1) is 0 Å². The highest BCUT2D eigenvalue weighted by atomic mass is 19.4. The van der Waals surface area contributed by atoms with Crippen LogP contribution in [0.3, 0.4) is 0 Å². The van der Waals surface area contributed by atoms with E-state index in [4.69, 9.17) is 5.11 Å². The van der Waals surface area contributed by atoms with Crippen LogP contribution in [0.15, 0.2) is 0 Å². The predicted octanol–water partition coefficient (Wildman–Crippen LogP) is 1.20. The van der Waals surface area contributed by atoms with E-state index in [9.17, 15) is 22.8 Å². The number of carboxylic acids is 1. The van der Waals surface area contributed by atoms with Gasteiger partial charge in [-0.05, 0) is 13.3 Å². The van der Waals surface area contributed by atoms with Crippen molar-refractivity contribution in [2.45, 2.75) is 19.5 Å². The Labute approximate surface area is 83.0 Å². The molecule has 0 heterocycles. The van der Waals surface area contributed by atoms with Gasteiger partial charge in [0.2, 0.25) is 0 Å². The van der Waals surface area contributed by atoms with E-state index in [1.165, 1.54) is 6.92 Å². The Morgan fingerprint density at radius 2 is 2.07 bits per heavy atom. The lowest BCUT2D eigenvalue weighted by molar-refractivity contribution is -0.211. The van der Waals surface area contributed by atoms with Crippen molar-refractivity contribution >= 4 is 11.9 Å². The van der Waals surface area contributed by atoms with Gasteiger partial charge in [-0.2, -0.15) is 13.2 Å². The van der Waals surface area contributed by atoms with Gasteiger partial charge in [0.1, 0.15) is 0 Å². The summed E-state index contributed by atoms with van der Waals surface area (Å²) in [6, 6.07) is 0. The maximum absolute atomic E-state index is 12.5. The molecule has 0 aromatic heterocycles. The van der Waals surface area contributed by atoms with Crippen LogP contribution < -0.4 is 0 Å². The van der Waals surface area contributed by atoms with Crippen molar-refractivity contribution in [3.63, 3.8) is 0 Å². The third-order valence-corrected chi connectivity index (χ3v) is 2.40. The molecule has 1 fully saturated rings. The van der Waals surface area contributed by atoms with E-state index in [1.54, 1.807) is 0 Å². The summed E-state index contributed by atoms with van der Waals surface area (Å²) in [4.78, 5) is 21.5. The minimum absolute atomic E-state index is 0.205. The molecule has 0 spiro atoms. The van der Waals surface area contributed by atoms with E-state index in [0.717, 1.165) is 0 Å². The highest BCUT2D eigenvalue weighted by molar-refractivity contribution is 5.91. The number of hydrogen-bond acceptors (Lipinski definition) is 3. The van der Waals surface area contributed by atoms with Crippen LogP contribution in [0.1, 0.15) is 13.3 Å². The second-order valence-electron chi connectivity index (χ2n) is 3.28. The highest BCUT2D eigenvalue weighted by Crippen LogP contribution is 2.63. The van der Waals surface area contributed by atoms with Crippen LogP contribution in [0.25, 0.3) is 0 Å². The maximum atomic E-state index is 12.5. The van der Waals surface area contributed by atoms with Crippen LogP contribution in [-0.2, 0) is 14.3 Å². The minimum atomic E-state index is -4.87. The summed E-state index contributed by atoms with van der Waals surface area (Å²) in [6.07, 6.45) is -5.60. The molecule has 15 heavy (non-hydrogen) atoms. The first-order chi connectivity index (χ1) is 6.77. The number of esters is 1. The fourth-order valence-electron chi connectivity index (χ4n) is 1.48. The quantitative estimate of drug-likeness (QED) is 0.734. The molecule has 2 unspecified atom stereocenters. The number of hydrogen-bond donors (Lipinski definition) is 1. The molecule has 1 aliphatic carbocycles. The van der Waals surface area contributed by atoms with E-state index in [2.05, 4.69) is 4.74 Å². The number of carboxylic acid groups (broad SMARTS) is 1. The summed E-state index contributed by atoms with van der Waals surface area (Å²) in [7, 11) is 0. The topological polar surface area (TPSA) is 63.6 Å². The molecular weight excluding hydrogens is 217 g/mol. The number of carbonyl (C=O) groups excluding carboxylic acids is 1. The first-order valence-corrected chi connectivity index (χ1v) is 4.24. The Hall–Kier alpha value is -1.27. The smallest absolute Gasteiger partial charge is 0.405 e. The molecule has 0 amide bonds. The zero-order valence-corrected chi connectivity index (χ0v) is 7.80. The van der Waals surface area contributed by atoms with Crippen molar-refractivity contribution in [1.82, 2.24) is 0 Å². The molecule has 1 N–H and O–H groups in total. The zero-order chi connectivity index (χ0) is 11.9. The minimum Gasteiger partial charge on any atom is -0.481 e. The Kier molecular flexibility index (Phi) is 2.67. The Morgan fingerprint density at radius 3 is 2.33 bits per heavy atom. The molecule has 4 nitrogen and oxygen atoms in total. The summed E-state index contributed by atoms with van der Waals surface area (Å²) in [5.74, 6) is -4.83. The lowest BCUT2D eigenvalue weighted by Crippen LogP contribution is -2.37. The van der Waals surface area contributed by atoms with E-state index in [1.807, 2.05) is 0 Å². The van der Waals surface area contributed by atoms with Crippen molar-refractivity contribution < 1.29 is 32.6 Å². The summed E-state index contributed by atoms with van der Waals surface area (Å²) in [6.45, 7) is 1.16. The SMILES string of the molecule is CCOC(=O)C1(C(F)(F)F)CC1C(=O)O. The number of alkyl halides is 3. The van der Waals surface area contributed by atoms with Crippen LogP contribution >= 0.6 is 0 Å². The molecule has 0 radical (unpaired) electrons. The molecule has 0 aliphatic heterocycles. The average molecular weight is 226 g/mol.